The number of nitrogens with one attached hydrogen (secondary N) is 1. The first-order valence-corrected chi connectivity index (χ1v) is 10.8. The number of hydrogen-bond acceptors (Lipinski definition) is 6. The molecule has 1 heterocycles. The molecule has 32 heavy (non-hydrogen) atoms. The normalized spacial score (nSPS) is 15.4. The van der Waals surface area contributed by atoms with E-state index in [4.69, 9.17) is 16.3 Å². The van der Waals surface area contributed by atoms with Gasteiger partial charge in [-0.3, -0.25) is 14.4 Å². The predicted octanol–water partition coefficient (Wildman–Crippen LogP) is 3.73. The Hall–Kier alpha value is -2.91. The van der Waals surface area contributed by atoms with Gasteiger partial charge in [0.25, 0.3) is 5.91 Å². The molecule has 0 saturated carbocycles. The highest BCUT2D eigenvalue weighted by Crippen LogP contribution is 2.31. The second-order valence-electron chi connectivity index (χ2n) is 7.13. The van der Waals surface area contributed by atoms with Gasteiger partial charge < -0.3 is 19.7 Å². The van der Waals surface area contributed by atoms with E-state index in [1.807, 2.05) is 0 Å². The summed E-state index contributed by atoms with van der Waals surface area (Å²) in [6, 6.07) is 9.69. The van der Waals surface area contributed by atoms with E-state index in [0.717, 1.165) is 0 Å². The summed E-state index contributed by atoms with van der Waals surface area (Å²) < 4.78 is 10.5. The molecule has 0 radical (unpaired) electrons. The van der Waals surface area contributed by atoms with Gasteiger partial charge in [0.2, 0.25) is 5.91 Å². The van der Waals surface area contributed by atoms with Gasteiger partial charge in [0.15, 0.2) is 6.61 Å². The Kier molecular flexibility index (Phi) is 7.52. The van der Waals surface area contributed by atoms with Crippen molar-refractivity contribution in [1.29, 1.82) is 0 Å². The van der Waals surface area contributed by atoms with E-state index in [1.165, 1.54) is 12.0 Å². The summed E-state index contributed by atoms with van der Waals surface area (Å²) in [5, 5.41) is 3.13. The van der Waals surface area contributed by atoms with E-state index < -0.39 is 30.4 Å². The van der Waals surface area contributed by atoms with Crippen molar-refractivity contribution in [3.05, 3.63) is 57.0 Å². The molecule has 1 aliphatic rings. The highest BCUT2D eigenvalue weighted by molar-refractivity contribution is 9.10. The number of benzene rings is 2. The van der Waals surface area contributed by atoms with Crippen molar-refractivity contribution in [2.24, 2.45) is 5.92 Å². The predicted molar refractivity (Wildman–Crippen MR) is 122 cm³/mol. The van der Waals surface area contributed by atoms with Gasteiger partial charge in [0, 0.05) is 28.8 Å². The first-order valence-electron chi connectivity index (χ1n) is 9.61. The maximum absolute atomic E-state index is 12.4. The van der Waals surface area contributed by atoms with Gasteiger partial charge in [-0.1, -0.05) is 11.6 Å². The fraction of sp³-hybridized carbons (Fsp3) is 0.273. The molecule has 1 saturated heterocycles. The first-order chi connectivity index (χ1) is 15.2. The minimum absolute atomic E-state index is 0.0271. The highest BCUT2D eigenvalue weighted by Gasteiger charge is 2.36. The second-order valence-corrected chi connectivity index (χ2v) is 8.37. The number of esters is 2. The molecule has 0 aliphatic carbocycles. The molecular weight excluding hydrogens is 504 g/mol. The quantitative estimate of drug-likeness (QED) is 0.579. The highest BCUT2D eigenvalue weighted by atomic mass is 79.9. The Bertz CT molecular complexity index is 1070. The minimum atomic E-state index is -0.695. The molecule has 2 aromatic carbocycles. The van der Waals surface area contributed by atoms with Crippen LogP contribution in [0, 0.1) is 12.8 Å². The molecule has 2 amide bonds. The number of methoxy groups -OCH3 is 1. The maximum atomic E-state index is 12.4. The summed E-state index contributed by atoms with van der Waals surface area (Å²) in [7, 11) is 1.28. The maximum Gasteiger partial charge on any atom is 0.337 e. The van der Waals surface area contributed by atoms with Crippen LogP contribution in [0.5, 0.6) is 0 Å². The Morgan fingerprint density at radius 2 is 1.88 bits per heavy atom. The summed E-state index contributed by atoms with van der Waals surface area (Å²) in [6.45, 7) is 1.40. The summed E-state index contributed by atoms with van der Waals surface area (Å²) in [4.78, 5) is 49.9. The summed E-state index contributed by atoms with van der Waals surface area (Å²) in [6.07, 6.45) is -0.0271. The molecule has 168 valence electrons. The molecule has 1 fully saturated rings. The first kappa shape index (κ1) is 23.7. The molecule has 1 atom stereocenters. The van der Waals surface area contributed by atoms with Crippen molar-refractivity contribution in [1.82, 2.24) is 0 Å². The van der Waals surface area contributed by atoms with Crippen LogP contribution < -0.4 is 10.2 Å². The third-order valence-electron chi connectivity index (χ3n) is 5.02. The van der Waals surface area contributed by atoms with Crippen LogP contribution in [0.1, 0.15) is 22.3 Å². The van der Waals surface area contributed by atoms with Crippen molar-refractivity contribution in [2.45, 2.75) is 13.3 Å². The number of ether oxygens (including phenoxy) is 2. The average Bonchev–Trinajstić information content (AvgIpc) is 3.19. The standard InChI is InChI=1S/C22H20BrClN2O6/c1-12-17(8-7-16(23)20(12)24)25-18(27)11-32-22(30)14-9-19(28)26(10-14)15-5-3-13(4-6-15)21(29)31-2/h3-8,14H,9-11H2,1-2H3,(H,25,27)/t14-/m1/s1. The molecule has 1 N–H and O–H groups in total. The lowest BCUT2D eigenvalue weighted by Crippen LogP contribution is -2.28. The van der Waals surface area contributed by atoms with E-state index in [0.29, 0.717) is 32.0 Å². The number of halogens is 2. The number of carbonyl (C=O) groups is 4. The average molecular weight is 524 g/mol. The lowest BCUT2D eigenvalue weighted by molar-refractivity contribution is -0.151. The molecule has 8 nitrogen and oxygen atoms in total. The molecule has 1 aliphatic heterocycles. The molecule has 0 bridgehead atoms. The molecule has 3 rings (SSSR count). The van der Waals surface area contributed by atoms with Gasteiger partial charge in [0.1, 0.15) is 0 Å². The van der Waals surface area contributed by atoms with Crippen LogP contribution in [0.15, 0.2) is 40.9 Å². The van der Waals surface area contributed by atoms with Crippen LogP contribution in [-0.4, -0.2) is 44.0 Å². The Morgan fingerprint density at radius 1 is 1.19 bits per heavy atom. The zero-order chi connectivity index (χ0) is 23.4. The zero-order valence-electron chi connectivity index (χ0n) is 17.3. The largest absolute Gasteiger partial charge is 0.465 e. The van der Waals surface area contributed by atoms with Gasteiger partial charge in [-0.15, -0.1) is 0 Å². The monoisotopic (exact) mass is 522 g/mol. The Morgan fingerprint density at radius 3 is 2.53 bits per heavy atom. The number of amides is 2. The number of carbonyl (C=O) groups excluding carboxylic acids is 4. The van der Waals surface area contributed by atoms with Crippen LogP contribution in [0.25, 0.3) is 0 Å². The Labute approximate surface area is 197 Å². The van der Waals surface area contributed by atoms with Gasteiger partial charge in [-0.25, -0.2) is 4.79 Å². The number of nitrogens with zero attached hydrogens (tertiary/aromatic N) is 1. The van der Waals surface area contributed by atoms with Crippen molar-refractivity contribution in [3.63, 3.8) is 0 Å². The smallest absolute Gasteiger partial charge is 0.337 e. The lowest BCUT2D eigenvalue weighted by atomic mass is 10.1. The van der Waals surface area contributed by atoms with Crippen LogP contribution in [0.4, 0.5) is 11.4 Å². The van der Waals surface area contributed by atoms with E-state index >= 15 is 0 Å². The molecular formula is C22H20BrClN2O6. The van der Waals surface area contributed by atoms with Crippen molar-refractivity contribution < 1.29 is 28.7 Å². The van der Waals surface area contributed by atoms with Gasteiger partial charge in [-0.2, -0.15) is 0 Å². The van der Waals surface area contributed by atoms with Crippen LogP contribution in [0.2, 0.25) is 5.02 Å². The SMILES string of the molecule is COC(=O)c1ccc(N2C[C@H](C(=O)OCC(=O)Nc3ccc(Br)c(Cl)c3C)CC2=O)cc1. The topological polar surface area (TPSA) is 102 Å². The van der Waals surface area contributed by atoms with E-state index in [2.05, 4.69) is 26.0 Å². The van der Waals surface area contributed by atoms with Gasteiger partial charge >= 0.3 is 11.9 Å². The van der Waals surface area contributed by atoms with Gasteiger partial charge in [0.05, 0.1) is 23.6 Å². The van der Waals surface area contributed by atoms with E-state index in [1.54, 1.807) is 43.3 Å². The van der Waals surface area contributed by atoms with Crippen molar-refractivity contribution in [2.75, 3.05) is 30.5 Å². The number of rotatable bonds is 6. The Balaban J connectivity index is 1.55. The van der Waals surface area contributed by atoms with E-state index in [-0.39, 0.29) is 18.9 Å². The third kappa shape index (κ3) is 5.28. The fourth-order valence-electron chi connectivity index (χ4n) is 3.24. The molecule has 0 unspecified atom stereocenters. The van der Waals surface area contributed by atoms with Crippen LogP contribution in [0.3, 0.4) is 0 Å². The summed E-state index contributed by atoms with van der Waals surface area (Å²) >= 11 is 9.45. The minimum Gasteiger partial charge on any atom is -0.465 e. The lowest BCUT2D eigenvalue weighted by Gasteiger charge is -2.17. The molecule has 2 aromatic rings. The third-order valence-corrected chi connectivity index (χ3v) is 6.39. The van der Waals surface area contributed by atoms with Crippen molar-refractivity contribution >= 4 is 62.7 Å². The number of hydrogen-bond donors (Lipinski definition) is 1. The molecule has 10 heteroatoms. The second kappa shape index (κ2) is 10.1. The molecule has 0 spiro atoms. The van der Waals surface area contributed by atoms with Gasteiger partial charge in [-0.05, 0) is 64.8 Å². The summed E-state index contributed by atoms with van der Waals surface area (Å²) in [5.74, 6) is -2.57. The van der Waals surface area contributed by atoms with E-state index in [9.17, 15) is 19.2 Å². The molecule has 0 aromatic heterocycles. The van der Waals surface area contributed by atoms with Crippen LogP contribution >= 0.6 is 27.5 Å². The summed E-state index contributed by atoms with van der Waals surface area (Å²) in [5.41, 5.74) is 2.10. The zero-order valence-corrected chi connectivity index (χ0v) is 19.7. The fourth-order valence-corrected chi connectivity index (χ4v) is 3.83. The number of anilines is 2. The van der Waals surface area contributed by atoms with Crippen LogP contribution in [-0.2, 0) is 23.9 Å². The van der Waals surface area contributed by atoms with Crippen molar-refractivity contribution in [3.8, 4) is 0 Å².